The lowest BCUT2D eigenvalue weighted by Gasteiger charge is -2.22. The zero-order valence-electron chi connectivity index (χ0n) is 10.8. The molecule has 5 nitrogen and oxygen atoms in total. The molecule has 0 fully saturated rings. The van der Waals surface area contributed by atoms with E-state index in [-0.39, 0.29) is 11.9 Å². The highest BCUT2D eigenvalue weighted by atomic mass is 79.9. The minimum atomic E-state index is -0.210. The predicted octanol–water partition coefficient (Wildman–Crippen LogP) is 1.50. The zero-order valence-corrected chi connectivity index (χ0v) is 12.4. The molecule has 0 radical (unpaired) electrons. The number of nitrogens with zero attached hydrogens (tertiary/aromatic N) is 1. The monoisotopic (exact) mass is 334 g/mol. The number of aromatic nitrogens is 2. The van der Waals surface area contributed by atoms with Crippen LogP contribution in [0.2, 0.25) is 0 Å². The maximum absolute atomic E-state index is 12.2. The van der Waals surface area contributed by atoms with E-state index in [1.807, 2.05) is 24.3 Å². The Kier molecular flexibility index (Phi) is 3.84. The van der Waals surface area contributed by atoms with Gasteiger partial charge in [-0.2, -0.15) is 0 Å². The van der Waals surface area contributed by atoms with Crippen molar-refractivity contribution in [2.45, 2.75) is 25.6 Å². The van der Waals surface area contributed by atoms with Crippen molar-refractivity contribution < 1.29 is 4.79 Å². The first kappa shape index (κ1) is 13.3. The van der Waals surface area contributed by atoms with Gasteiger partial charge in [0.05, 0.1) is 23.8 Å². The molecule has 3 rings (SSSR count). The molecular weight excluding hydrogens is 320 g/mol. The molecule has 104 valence electrons. The second-order valence-corrected chi connectivity index (χ2v) is 5.73. The zero-order chi connectivity index (χ0) is 13.9. The molecule has 0 saturated carbocycles. The summed E-state index contributed by atoms with van der Waals surface area (Å²) in [6.45, 7) is 1.19. The van der Waals surface area contributed by atoms with Crippen molar-refractivity contribution in [3.63, 3.8) is 0 Å². The van der Waals surface area contributed by atoms with Crippen LogP contribution in [-0.4, -0.2) is 21.9 Å². The van der Waals surface area contributed by atoms with Crippen LogP contribution in [0.4, 0.5) is 0 Å². The van der Waals surface area contributed by atoms with Crippen molar-refractivity contribution in [3.05, 3.63) is 52.0 Å². The van der Waals surface area contributed by atoms with E-state index in [0.29, 0.717) is 19.5 Å². The van der Waals surface area contributed by atoms with E-state index in [4.69, 9.17) is 0 Å². The van der Waals surface area contributed by atoms with Gasteiger partial charge in [-0.1, -0.05) is 28.1 Å². The molecule has 20 heavy (non-hydrogen) atoms. The lowest BCUT2D eigenvalue weighted by atomic mass is 10.0. The van der Waals surface area contributed by atoms with Crippen molar-refractivity contribution in [2.24, 2.45) is 0 Å². The van der Waals surface area contributed by atoms with E-state index < -0.39 is 0 Å². The van der Waals surface area contributed by atoms with Gasteiger partial charge in [0.2, 0.25) is 5.91 Å². The van der Waals surface area contributed by atoms with Crippen LogP contribution in [0.15, 0.2) is 35.1 Å². The topological polar surface area (TPSA) is 69.8 Å². The third-order valence-corrected chi connectivity index (χ3v) is 3.90. The number of hydrogen-bond acceptors (Lipinski definition) is 3. The maximum atomic E-state index is 12.2. The summed E-state index contributed by atoms with van der Waals surface area (Å²) in [5.41, 5.74) is 3.12. The number of carbonyl (C=O) groups is 1. The molecule has 1 aromatic heterocycles. The van der Waals surface area contributed by atoms with Crippen LogP contribution in [0.1, 0.15) is 17.0 Å². The van der Waals surface area contributed by atoms with Crippen LogP contribution < -0.4 is 10.6 Å². The number of nitrogens with one attached hydrogen (secondary N) is 3. The first-order valence-corrected chi connectivity index (χ1v) is 7.28. The minimum absolute atomic E-state index is 0.0126. The van der Waals surface area contributed by atoms with Gasteiger partial charge in [-0.3, -0.25) is 10.1 Å². The van der Waals surface area contributed by atoms with E-state index in [1.165, 1.54) is 0 Å². The molecule has 0 bridgehead atoms. The summed E-state index contributed by atoms with van der Waals surface area (Å²) in [5.74, 6) is 0.0126. The Balaban J connectivity index is 1.58. The van der Waals surface area contributed by atoms with Crippen molar-refractivity contribution >= 4 is 21.8 Å². The fourth-order valence-corrected chi connectivity index (χ4v) is 2.76. The fraction of sp³-hybridized carbons (Fsp3) is 0.286. The van der Waals surface area contributed by atoms with E-state index in [1.54, 1.807) is 6.33 Å². The van der Waals surface area contributed by atoms with Crippen molar-refractivity contribution in [3.8, 4) is 0 Å². The Morgan fingerprint density at radius 2 is 2.40 bits per heavy atom. The summed E-state index contributed by atoms with van der Waals surface area (Å²) in [5, 5.41) is 6.17. The Bertz CT molecular complexity index is 625. The molecule has 1 amide bonds. The minimum Gasteiger partial charge on any atom is -0.351 e. The van der Waals surface area contributed by atoms with Crippen LogP contribution in [-0.2, 0) is 24.3 Å². The van der Waals surface area contributed by atoms with Gasteiger partial charge in [-0.15, -0.1) is 0 Å². The molecule has 1 aliphatic rings. The second kappa shape index (κ2) is 5.76. The summed E-state index contributed by atoms with van der Waals surface area (Å²) in [7, 11) is 0. The Hall–Kier alpha value is -1.66. The van der Waals surface area contributed by atoms with Crippen molar-refractivity contribution in [2.75, 3.05) is 0 Å². The molecule has 1 atom stereocenters. The number of imidazole rings is 1. The third-order valence-electron chi connectivity index (χ3n) is 3.40. The predicted molar refractivity (Wildman–Crippen MR) is 78.9 cm³/mol. The van der Waals surface area contributed by atoms with E-state index >= 15 is 0 Å². The molecule has 1 aliphatic heterocycles. The average molecular weight is 335 g/mol. The number of halogens is 1. The lowest BCUT2D eigenvalue weighted by Crippen LogP contribution is -2.47. The number of H-pyrrole nitrogens is 1. The number of fused-ring (bicyclic) bond motifs is 1. The molecule has 1 aromatic carbocycles. The van der Waals surface area contributed by atoms with Crippen LogP contribution in [0.25, 0.3) is 0 Å². The molecule has 6 heteroatoms. The summed E-state index contributed by atoms with van der Waals surface area (Å²) in [6, 6.07) is 7.71. The number of aromatic amines is 1. The van der Waals surface area contributed by atoms with Gasteiger partial charge >= 0.3 is 0 Å². The van der Waals surface area contributed by atoms with Crippen molar-refractivity contribution in [1.29, 1.82) is 0 Å². The van der Waals surface area contributed by atoms with Crippen LogP contribution in [0.5, 0.6) is 0 Å². The number of rotatable bonds is 3. The van der Waals surface area contributed by atoms with Gasteiger partial charge < -0.3 is 10.3 Å². The van der Waals surface area contributed by atoms with Crippen LogP contribution >= 0.6 is 15.9 Å². The van der Waals surface area contributed by atoms with Gasteiger partial charge in [-0.05, 0) is 17.7 Å². The summed E-state index contributed by atoms with van der Waals surface area (Å²) in [6.07, 6.45) is 2.30. The molecule has 0 aliphatic carbocycles. The Morgan fingerprint density at radius 1 is 1.50 bits per heavy atom. The van der Waals surface area contributed by atoms with Gasteiger partial charge in [-0.25, -0.2) is 4.98 Å². The van der Waals surface area contributed by atoms with Crippen LogP contribution in [0.3, 0.4) is 0 Å². The number of hydrogen-bond donors (Lipinski definition) is 3. The molecule has 0 saturated heterocycles. The van der Waals surface area contributed by atoms with Crippen molar-refractivity contribution in [1.82, 2.24) is 20.6 Å². The van der Waals surface area contributed by atoms with Gasteiger partial charge in [0, 0.05) is 24.0 Å². The van der Waals surface area contributed by atoms with Gasteiger partial charge in [0.15, 0.2) is 0 Å². The third kappa shape index (κ3) is 2.91. The van der Waals surface area contributed by atoms with E-state index in [0.717, 1.165) is 21.4 Å². The SMILES string of the molecule is O=C(NCc1cccc(Br)c1)C1Cc2nc[nH]c2CN1. The highest BCUT2D eigenvalue weighted by Gasteiger charge is 2.25. The highest BCUT2D eigenvalue weighted by molar-refractivity contribution is 9.10. The fourth-order valence-electron chi connectivity index (χ4n) is 2.31. The van der Waals surface area contributed by atoms with E-state index in [2.05, 4.69) is 36.5 Å². The molecule has 3 N–H and O–H groups in total. The first-order chi connectivity index (χ1) is 9.72. The maximum Gasteiger partial charge on any atom is 0.237 e. The summed E-state index contributed by atoms with van der Waals surface area (Å²) < 4.78 is 1.02. The molecule has 1 unspecified atom stereocenters. The van der Waals surface area contributed by atoms with Crippen LogP contribution in [0, 0.1) is 0 Å². The average Bonchev–Trinajstić information content (AvgIpc) is 2.92. The standard InChI is InChI=1S/C14H15BrN4O/c15-10-3-1-2-9(4-10)6-17-14(20)12-5-11-13(7-16-12)19-8-18-11/h1-4,8,12,16H,5-7H2,(H,17,20)(H,18,19). The van der Waals surface area contributed by atoms with Gasteiger partial charge in [0.1, 0.15) is 0 Å². The molecule has 0 spiro atoms. The Morgan fingerprint density at radius 3 is 3.25 bits per heavy atom. The molecule has 2 aromatic rings. The quantitative estimate of drug-likeness (QED) is 0.796. The number of carbonyl (C=O) groups excluding carboxylic acids is 1. The number of amides is 1. The Labute approximate surface area is 125 Å². The first-order valence-electron chi connectivity index (χ1n) is 6.49. The smallest absolute Gasteiger partial charge is 0.237 e. The summed E-state index contributed by atoms with van der Waals surface area (Å²) >= 11 is 3.42. The normalized spacial score (nSPS) is 17.6. The highest BCUT2D eigenvalue weighted by Crippen LogP contribution is 2.13. The number of benzene rings is 1. The van der Waals surface area contributed by atoms with E-state index in [9.17, 15) is 4.79 Å². The molecular formula is C14H15BrN4O. The van der Waals surface area contributed by atoms with Gasteiger partial charge in [0.25, 0.3) is 0 Å². The lowest BCUT2D eigenvalue weighted by molar-refractivity contribution is -0.123. The largest absolute Gasteiger partial charge is 0.351 e. The second-order valence-electron chi connectivity index (χ2n) is 4.81. The summed E-state index contributed by atoms with van der Waals surface area (Å²) in [4.78, 5) is 19.5. The molecule has 2 heterocycles.